The van der Waals surface area contributed by atoms with E-state index in [1.807, 2.05) is 25.1 Å². The molecule has 4 heteroatoms. The predicted molar refractivity (Wildman–Crippen MR) is 72.3 cm³/mol. The summed E-state index contributed by atoms with van der Waals surface area (Å²) in [6, 6.07) is 7.44. The van der Waals surface area contributed by atoms with Gasteiger partial charge in [0.1, 0.15) is 0 Å². The lowest BCUT2D eigenvalue weighted by atomic mass is 10.1. The molecule has 0 atom stereocenters. The standard InChI is InChI=1S/C14H18N2O2/c1-10-7-5-6-8-13(10)15-14(18)12(11(2)17)9-16(3)4/h5-9H,1-4H3,(H,15,18)/b12-9-. The summed E-state index contributed by atoms with van der Waals surface area (Å²) in [6.07, 6.45) is 1.52. The van der Waals surface area contributed by atoms with Gasteiger partial charge in [-0.15, -0.1) is 0 Å². The molecular formula is C14H18N2O2. The number of para-hydroxylation sites is 1. The third-order valence-electron chi connectivity index (χ3n) is 2.40. The van der Waals surface area contributed by atoms with E-state index in [2.05, 4.69) is 5.32 Å². The molecule has 0 aromatic heterocycles. The maximum atomic E-state index is 12.0. The zero-order valence-electron chi connectivity index (χ0n) is 11.2. The van der Waals surface area contributed by atoms with Crippen LogP contribution in [0.2, 0.25) is 0 Å². The SMILES string of the molecule is CC(=O)/C(=C/N(C)C)C(=O)Nc1ccccc1C. The van der Waals surface area contributed by atoms with Gasteiger partial charge in [-0.3, -0.25) is 9.59 Å². The van der Waals surface area contributed by atoms with E-state index in [9.17, 15) is 9.59 Å². The van der Waals surface area contributed by atoms with Crippen molar-refractivity contribution in [1.29, 1.82) is 0 Å². The van der Waals surface area contributed by atoms with Gasteiger partial charge in [0.15, 0.2) is 5.78 Å². The van der Waals surface area contributed by atoms with Gasteiger partial charge in [-0.1, -0.05) is 18.2 Å². The number of hydrogen-bond acceptors (Lipinski definition) is 3. The van der Waals surface area contributed by atoms with Gasteiger partial charge >= 0.3 is 0 Å². The van der Waals surface area contributed by atoms with Crippen molar-refractivity contribution in [3.8, 4) is 0 Å². The van der Waals surface area contributed by atoms with Gasteiger partial charge in [-0.2, -0.15) is 0 Å². The summed E-state index contributed by atoms with van der Waals surface area (Å²) >= 11 is 0. The van der Waals surface area contributed by atoms with Gasteiger partial charge in [0.2, 0.25) is 0 Å². The molecular weight excluding hydrogens is 228 g/mol. The van der Waals surface area contributed by atoms with Crippen molar-refractivity contribution in [1.82, 2.24) is 4.90 Å². The Labute approximate surface area is 107 Å². The number of carbonyl (C=O) groups is 2. The van der Waals surface area contributed by atoms with Gasteiger partial charge < -0.3 is 10.2 Å². The molecule has 4 nitrogen and oxygen atoms in total. The zero-order chi connectivity index (χ0) is 13.7. The number of nitrogens with zero attached hydrogens (tertiary/aromatic N) is 1. The van der Waals surface area contributed by atoms with E-state index >= 15 is 0 Å². The zero-order valence-corrected chi connectivity index (χ0v) is 11.2. The fraction of sp³-hybridized carbons (Fsp3) is 0.286. The summed E-state index contributed by atoms with van der Waals surface area (Å²) in [5, 5.41) is 2.74. The number of ketones is 1. The average Bonchev–Trinajstić information content (AvgIpc) is 2.28. The molecule has 18 heavy (non-hydrogen) atoms. The Bertz CT molecular complexity index is 490. The van der Waals surface area contributed by atoms with Crippen LogP contribution in [-0.4, -0.2) is 30.7 Å². The smallest absolute Gasteiger partial charge is 0.260 e. The number of Topliss-reactive ketones (excluding diaryl/α,β-unsaturated/α-hetero) is 1. The maximum absolute atomic E-state index is 12.0. The minimum absolute atomic E-state index is 0.142. The highest BCUT2D eigenvalue weighted by Crippen LogP contribution is 2.14. The number of nitrogens with one attached hydrogen (secondary N) is 1. The van der Waals surface area contributed by atoms with Crippen molar-refractivity contribution < 1.29 is 9.59 Å². The van der Waals surface area contributed by atoms with E-state index in [0.29, 0.717) is 5.69 Å². The van der Waals surface area contributed by atoms with Crippen LogP contribution in [0.1, 0.15) is 12.5 Å². The van der Waals surface area contributed by atoms with Crippen LogP contribution in [0.5, 0.6) is 0 Å². The highest BCUT2D eigenvalue weighted by Gasteiger charge is 2.15. The third kappa shape index (κ3) is 3.73. The second kappa shape index (κ2) is 6.00. The second-order valence-corrected chi connectivity index (χ2v) is 4.33. The molecule has 0 saturated heterocycles. The molecule has 0 saturated carbocycles. The molecule has 0 unspecified atom stereocenters. The Kier molecular flexibility index (Phi) is 4.66. The first kappa shape index (κ1) is 14.0. The molecule has 96 valence electrons. The summed E-state index contributed by atoms with van der Waals surface area (Å²) in [6.45, 7) is 3.28. The second-order valence-electron chi connectivity index (χ2n) is 4.33. The Morgan fingerprint density at radius 3 is 2.33 bits per heavy atom. The molecule has 0 bridgehead atoms. The monoisotopic (exact) mass is 246 g/mol. The lowest BCUT2D eigenvalue weighted by molar-refractivity contribution is -0.119. The lowest BCUT2D eigenvalue weighted by Crippen LogP contribution is -2.21. The van der Waals surface area contributed by atoms with Crippen molar-refractivity contribution in [3.05, 3.63) is 41.6 Å². The summed E-state index contributed by atoms with van der Waals surface area (Å²) in [5.74, 6) is -0.639. The van der Waals surface area contributed by atoms with Crippen molar-refractivity contribution in [2.75, 3.05) is 19.4 Å². The molecule has 1 rings (SSSR count). The molecule has 1 N–H and O–H groups in total. The predicted octanol–water partition coefficient (Wildman–Crippen LogP) is 1.97. The maximum Gasteiger partial charge on any atom is 0.260 e. The summed E-state index contributed by atoms with van der Waals surface area (Å²) in [7, 11) is 3.54. The van der Waals surface area contributed by atoms with Gasteiger partial charge in [0.05, 0.1) is 5.57 Å². The quantitative estimate of drug-likeness (QED) is 0.502. The van der Waals surface area contributed by atoms with Crippen LogP contribution in [0.3, 0.4) is 0 Å². The number of hydrogen-bond donors (Lipinski definition) is 1. The Balaban J connectivity index is 2.94. The number of amides is 1. The van der Waals surface area contributed by atoms with E-state index in [4.69, 9.17) is 0 Å². The average molecular weight is 246 g/mol. The van der Waals surface area contributed by atoms with Crippen LogP contribution >= 0.6 is 0 Å². The molecule has 1 aromatic carbocycles. The molecule has 0 fully saturated rings. The van der Waals surface area contributed by atoms with Gasteiger partial charge in [0, 0.05) is 26.0 Å². The highest BCUT2D eigenvalue weighted by molar-refractivity contribution is 6.22. The summed E-state index contributed by atoms with van der Waals surface area (Å²) < 4.78 is 0. The first-order valence-electron chi connectivity index (χ1n) is 5.68. The van der Waals surface area contributed by atoms with E-state index < -0.39 is 0 Å². The topological polar surface area (TPSA) is 49.4 Å². The molecule has 0 heterocycles. The minimum atomic E-state index is -0.384. The number of anilines is 1. The summed E-state index contributed by atoms with van der Waals surface area (Å²) in [5.41, 5.74) is 1.82. The fourth-order valence-electron chi connectivity index (χ4n) is 1.47. The van der Waals surface area contributed by atoms with E-state index in [1.165, 1.54) is 13.1 Å². The number of aryl methyl sites for hydroxylation is 1. The number of carbonyl (C=O) groups excluding carboxylic acids is 2. The molecule has 1 aromatic rings. The van der Waals surface area contributed by atoms with Crippen LogP contribution in [0, 0.1) is 6.92 Å². The Hall–Kier alpha value is -2.10. The fourth-order valence-corrected chi connectivity index (χ4v) is 1.47. The van der Waals surface area contributed by atoms with Gasteiger partial charge in [-0.25, -0.2) is 0 Å². The van der Waals surface area contributed by atoms with Crippen LogP contribution in [0.25, 0.3) is 0 Å². The Morgan fingerprint density at radius 2 is 1.83 bits per heavy atom. The van der Waals surface area contributed by atoms with Crippen molar-refractivity contribution in [3.63, 3.8) is 0 Å². The molecule has 0 aliphatic heterocycles. The summed E-state index contributed by atoms with van der Waals surface area (Å²) in [4.78, 5) is 25.1. The molecule has 0 aliphatic rings. The lowest BCUT2D eigenvalue weighted by Gasteiger charge is -2.11. The van der Waals surface area contributed by atoms with Gasteiger partial charge in [-0.05, 0) is 25.5 Å². The number of rotatable bonds is 4. The first-order valence-corrected chi connectivity index (χ1v) is 5.68. The Morgan fingerprint density at radius 1 is 1.22 bits per heavy atom. The van der Waals surface area contributed by atoms with Crippen LogP contribution in [-0.2, 0) is 9.59 Å². The van der Waals surface area contributed by atoms with E-state index in [1.54, 1.807) is 25.1 Å². The minimum Gasteiger partial charge on any atom is -0.383 e. The van der Waals surface area contributed by atoms with E-state index in [-0.39, 0.29) is 17.3 Å². The van der Waals surface area contributed by atoms with Crippen molar-refractivity contribution >= 4 is 17.4 Å². The van der Waals surface area contributed by atoms with E-state index in [0.717, 1.165) is 5.56 Å². The van der Waals surface area contributed by atoms with Crippen molar-refractivity contribution in [2.45, 2.75) is 13.8 Å². The molecule has 0 aliphatic carbocycles. The largest absolute Gasteiger partial charge is 0.383 e. The van der Waals surface area contributed by atoms with Crippen LogP contribution < -0.4 is 5.32 Å². The highest BCUT2D eigenvalue weighted by atomic mass is 16.2. The molecule has 0 spiro atoms. The third-order valence-corrected chi connectivity index (χ3v) is 2.40. The normalized spacial score (nSPS) is 11.0. The van der Waals surface area contributed by atoms with Crippen molar-refractivity contribution in [2.24, 2.45) is 0 Å². The molecule has 1 amide bonds. The molecule has 0 radical (unpaired) electrons. The van der Waals surface area contributed by atoms with Gasteiger partial charge in [0.25, 0.3) is 5.91 Å². The van der Waals surface area contributed by atoms with Crippen LogP contribution in [0.15, 0.2) is 36.0 Å². The first-order chi connectivity index (χ1) is 8.41. The van der Waals surface area contributed by atoms with Crippen LogP contribution in [0.4, 0.5) is 5.69 Å². The number of benzene rings is 1.